The molecule has 0 nitrogen and oxygen atoms in total. The second kappa shape index (κ2) is 7.45. The van der Waals surface area contributed by atoms with Crippen LogP contribution >= 0.6 is 23.2 Å². The fourth-order valence-corrected chi connectivity index (χ4v) is 1.23. The molecule has 0 atom stereocenters. The van der Waals surface area contributed by atoms with E-state index >= 15 is 0 Å². The van der Waals surface area contributed by atoms with Crippen molar-refractivity contribution in [3.63, 3.8) is 0 Å². The van der Waals surface area contributed by atoms with Gasteiger partial charge in [0.2, 0.25) is 0 Å². The van der Waals surface area contributed by atoms with Crippen molar-refractivity contribution in [1.29, 1.82) is 0 Å². The zero-order valence-corrected chi connectivity index (χ0v) is 11.0. The second-order valence-corrected chi connectivity index (χ2v) is 2.83. The molecule has 0 saturated heterocycles. The van der Waals surface area contributed by atoms with E-state index in [9.17, 15) is 0 Å². The van der Waals surface area contributed by atoms with Crippen molar-refractivity contribution in [3.05, 3.63) is 40.7 Å². The standard InChI is InChI=1S/C8H7Cl2.BrH.Mg/c1-2-6-3-4-7(9)5-8(6)10;;/h3-5H,1-2H2;1H;/q-1;;+2/p-1. The Kier molecular flexibility index (Phi) is 9.63. The molecule has 0 fully saturated rings. The summed E-state index contributed by atoms with van der Waals surface area (Å²) in [6.07, 6.45) is 0.704. The van der Waals surface area contributed by atoms with Crippen LogP contribution in [0.1, 0.15) is 5.56 Å². The normalized spacial score (nSPS) is 8.25. The molecule has 0 amide bonds. The number of halogens is 3. The smallest absolute Gasteiger partial charge is 1.00 e. The summed E-state index contributed by atoms with van der Waals surface area (Å²) in [5, 5.41) is 1.37. The van der Waals surface area contributed by atoms with Gasteiger partial charge in [-0.3, -0.25) is 0 Å². The van der Waals surface area contributed by atoms with Crippen LogP contribution < -0.4 is 17.0 Å². The average molecular weight is 278 g/mol. The van der Waals surface area contributed by atoms with Crippen molar-refractivity contribution >= 4 is 46.3 Å². The molecule has 1 aromatic carbocycles. The molecule has 0 aliphatic rings. The van der Waals surface area contributed by atoms with Gasteiger partial charge in [-0.1, -0.05) is 34.8 Å². The Bertz CT molecular complexity index is 240. The second-order valence-electron chi connectivity index (χ2n) is 1.99. The molecule has 12 heavy (non-hydrogen) atoms. The molecule has 0 aliphatic heterocycles. The van der Waals surface area contributed by atoms with Crippen LogP contribution in [-0.2, 0) is 6.42 Å². The molecular formula is C8H7BrCl2Mg. The number of rotatable bonds is 1. The van der Waals surface area contributed by atoms with Gasteiger partial charge in [0.25, 0.3) is 0 Å². The summed E-state index contributed by atoms with van der Waals surface area (Å²) >= 11 is 11.5. The summed E-state index contributed by atoms with van der Waals surface area (Å²) in [6, 6.07) is 5.43. The first kappa shape index (κ1) is 15.5. The molecular weight excluding hydrogens is 271 g/mol. The quantitative estimate of drug-likeness (QED) is 0.501. The molecule has 1 rings (SSSR count). The molecule has 0 radical (unpaired) electrons. The SMILES string of the molecule is [Br-].[CH2-]Cc1ccc(Cl)cc1Cl.[Mg+2]. The number of benzene rings is 1. The van der Waals surface area contributed by atoms with Gasteiger partial charge < -0.3 is 23.9 Å². The summed E-state index contributed by atoms with van der Waals surface area (Å²) in [5.74, 6) is 0. The summed E-state index contributed by atoms with van der Waals surface area (Å²) < 4.78 is 0. The van der Waals surface area contributed by atoms with Crippen LogP contribution in [0.3, 0.4) is 0 Å². The van der Waals surface area contributed by atoms with Crippen LogP contribution in [0.2, 0.25) is 10.0 Å². The van der Waals surface area contributed by atoms with Gasteiger partial charge in [-0.05, 0) is 12.1 Å². The third kappa shape index (κ3) is 4.33. The summed E-state index contributed by atoms with van der Waals surface area (Å²) in [5.41, 5.74) is 1.03. The first-order chi connectivity index (χ1) is 4.74. The van der Waals surface area contributed by atoms with E-state index in [-0.39, 0.29) is 40.0 Å². The molecule has 0 spiro atoms. The number of hydrogen-bond acceptors (Lipinski definition) is 0. The zero-order valence-electron chi connectivity index (χ0n) is 6.49. The first-order valence-electron chi connectivity index (χ1n) is 2.97. The molecule has 62 valence electrons. The van der Waals surface area contributed by atoms with E-state index in [1.165, 1.54) is 0 Å². The predicted molar refractivity (Wildman–Crippen MR) is 51.3 cm³/mol. The third-order valence-electron chi connectivity index (χ3n) is 1.28. The summed E-state index contributed by atoms with van der Waals surface area (Å²) in [4.78, 5) is 0. The van der Waals surface area contributed by atoms with Crippen molar-refractivity contribution in [2.75, 3.05) is 0 Å². The van der Waals surface area contributed by atoms with Gasteiger partial charge in [0.15, 0.2) is 0 Å². The van der Waals surface area contributed by atoms with E-state index in [1.807, 2.05) is 12.1 Å². The molecule has 0 aromatic heterocycles. The van der Waals surface area contributed by atoms with E-state index in [1.54, 1.807) is 6.07 Å². The minimum absolute atomic E-state index is 0. The zero-order chi connectivity index (χ0) is 7.56. The molecule has 0 bridgehead atoms. The first-order valence-corrected chi connectivity index (χ1v) is 3.73. The van der Waals surface area contributed by atoms with Gasteiger partial charge >= 0.3 is 23.1 Å². The summed E-state index contributed by atoms with van der Waals surface area (Å²) in [7, 11) is 0. The molecule has 0 aliphatic carbocycles. The van der Waals surface area contributed by atoms with Crippen LogP contribution in [0.25, 0.3) is 0 Å². The Morgan fingerprint density at radius 1 is 1.25 bits per heavy atom. The maximum atomic E-state index is 5.81. The molecule has 4 heteroatoms. The Morgan fingerprint density at radius 2 is 1.83 bits per heavy atom. The fourth-order valence-electron chi connectivity index (χ4n) is 0.724. The van der Waals surface area contributed by atoms with Gasteiger partial charge in [-0.2, -0.15) is 6.42 Å². The topological polar surface area (TPSA) is 0 Å². The van der Waals surface area contributed by atoms with E-state index < -0.39 is 0 Å². The van der Waals surface area contributed by atoms with Crippen LogP contribution in [-0.4, -0.2) is 23.1 Å². The van der Waals surface area contributed by atoms with Gasteiger partial charge in [-0.25, -0.2) is 0 Å². The Balaban J connectivity index is 0. The van der Waals surface area contributed by atoms with Crippen molar-refractivity contribution in [3.8, 4) is 0 Å². The Labute approximate surface area is 110 Å². The van der Waals surface area contributed by atoms with Gasteiger partial charge in [0.05, 0.1) is 0 Å². The molecule has 0 unspecified atom stereocenters. The molecule has 0 N–H and O–H groups in total. The molecule has 0 saturated carbocycles. The average Bonchev–Trinajstić information content (AvgIpc) is 1.88. The van der Waals surface area contributed by atoms with E-state index in [2.05, 4.69) is 6.92 Å². The number of hydrogen-bond donors (Lipinski definition) is 0. The minimum atomic E-state index is 0. The van der Waals surface area contributed by atoms with Crippen LogP contribution in [0, 0.1) is 6.92 Å². The maximum absolute atomic E-state index is 5.81. The van der Waals surface area contributed by atoms with Crippen molar-refractivity contribution in [2.45, 2.75) is 6.42 Å². The Morgan fingerprint density at radius 3 is 2.25 bits per heavy atom. The Hall–Kier alpha value is 1.05. The molecule has 0 heterocycles. The van der Waals surface area contributed by atoms with Gasteiger partial charge in [0.1, 0.15) is 0 Å². The maximum Gasteiger partial charge on any atom is 2.00 e. The minimum Gasteiger partial charge on any atom is -1.00 e. The fraction of sp³-hybridized carbons (Fsp3) is 0.125. The van der Waals surface area contributed by atoms with Gasteiger partial charge in [-0.15, -0.1) is 0 Å². The van der Waals surface area contributed by atoms with E-state index in [4.69, 9.17) is 23.2 Å². The summed E-state index contributed by atoms with van der Waals surface area (Å²) in [6.45, 7) is 3.72. The van der Waals surface area contributed by atoms with Crippen molar-refractivity contribution in [2.24, 2.45) is 0 Å². The monoisotopic (exact) mass is 276 g/mol. The predicted octanol–water partition coefficient (Wildman–Crippen LogP) is -0.00681. The largest absolute Gasteiger partial charge is 2.00 e. The van der Waals surface area contributed by atoms with E-state index in [0.29, 0.717) is 16.5 Å². The van der Waals surface area contributed by atoms with Crippen LogP contribution in [0.4, 0.5) is 0 Å². The van der Waals surface area contributed by atoms with Crippen molar-refractivity contribution < 1.29 is 17.0 Å². The van der Waals surface area contributed by atoms with Crippen molar-refractivity contribution in [1.82, 2.24) is 0 Å². The van der Waals surface area contributed by atoms with Crippen LogP contribution in [0.5, 0.6) is 0 Å². The molecule has 1 aromatic rings. The van der Waals surface area contributed by atoms with Gasteiger partial charge in [0, 0.05) is 10.0 Å². The third-order valence-corrected chi connectivity index (χ3v) is 1.87. The van der Waals surface area contributed by atoms with Crippen LogP contribution in [0.15, 0.2) is 18.2 Å². The van der Waals surface area contributed by atoms with E-state index in [0.717, 1.165) is 5.56 Å².